The molecular weight excluding hydrogens is 220 g/mol. The van der Waals surface area contributed by atoms with E-state index >= 15 is 0 Å². The first-order chi connectivity index (χ1) is 7.84. The average molecular weight is 238 g/mol. The van der Waals surface area contributed by atoms with Crippen LogP contribution in [-0.4, -0.2) is 31.3 Å². The van der Waals surface area contributed by atoms with Crippen LogP contribution in [0.1, 0.15) is 40.3 Å². The van der Waals surface area contributed by atoms with Crippen molar-refractivity contribution >= 4 is 11.3 Å². The first-order valence-corrected chi connectivity index (χ1v) is 6.92. The molecule has 3 nitrogen and oxygen atoms in total. The zero-order chi connectivity index (χ0) is 11.0. The van der Waals surface area contributed by atoms with E-state index in [1.165, 1.54) is 15.6 Å². The molecule has 0 spiro atoms. The Morgan fingerprint density at radius 2 is 2.00 bits per heavy atom. The van der Waals surface area contributed by atoms with Gasteiger partial charge in [0.25, 0.3) is 0 Å². The first kappa shape index (κ1) is 10.7. The van der Waals surface area contributed by atoms with Crippen molar-refractivity contribution in [2.75, 3.05) is 26.3 Å². The molecule has 0 radical (unpaired) electrons. The van der Waals surface area contributed by atoms with E-state index < -0.39 is 0 Å². The Bertz CT molecular complexity index is 367. The van der Waals surface area contributed by atoms with Gasteiger partial charge in [0.2, 0.25) is 0 Å². The average Bonchev–Trinajstić information content (AvgIpc) is 2.60. The number of hydrogen-bond donors (Lipinski definition) is 1. The predicted molar refractivity (Wildman–Crippen MR) is 65.3 cm³/mol. The second-order valence-corrected chi connectivity index (χ2v) is 5.81. The second-order valence-electron chi connectivity index (χ2n) is 4.74. The molecule has 1 aromatic heterocycles. The molecular formula is C12H18N2OS. The van der Waals surface area contributed by atoms with E-state index in [9.17, 15) is 0 Å². The van der Waals surface area contributed by atoms with Crippen molar-refractivity contribution in [2.45, 2.75) is 31.6 Å². The van der Waals surface area contributed by atoms with Gasteiger partial charge in [-0.3, -0.25) is 0 Å². The summed E-state index contributed by atoms with van der Waals surface area (Å²) in [5.74, 6) is 1.38. The highest BCUT2D eigenvalue weighted by molar-refractivity contribution is 7.12. The minimum absolute atomic E-state index is 0.652. The highest BCUT2D eigenvalue weighted by atomic mass is 32.1. The van der Waals surface area contributed by atoms with Crippen LogP contribution in [0.15, 0.2) is 0 Å². The lowest BCUT2D eigenvalue weighted by Gasteiger charge is -2.26. The summed E-state index contributed by atoms with van der Waals surface area (Å²) in [5, 5.41) is 4.68. The van der Waals surface area contributed by atoms with Crippen molar-refractivity contribution in [3.8, 4) is 0 Å². The van der Waals surface area contributed by atoms with Crippen molar-refractivity contribution in [3.63, 3.8) is 0 Å². The SMILES string of the molecule is Cc1nc(C2CCOCC2)sc1C1CNC1. The van der Waals surface area contributed by atoms with E-state index in [0.717, 1.165) is 45.1 Å². The van der Waals surface area contributed by atoms with Crippen molar-refractivity contribution < 1.29 is 4.74 Å². The van der Waals surface area contributed by atoms with E-state index in [-0.39, 0.29) is 0 Å². The molecule has 16 heavy (non-hydrogen) atoms. The van der Waals surface area contributed by atoms with Crippen LogP contribution in [0.3, 0.4) is 0 Å². The van der Waals surface area contributed by atoms with Crippen molar-refractivity contribution in [2.24, 2.45) is 0 Å². The van der Waals surface area contributed by atoms with Crippen molar-refractivity contribution in [1.29, 1.82) is 0 Å². The lowest BCUT2D eigenvalue weighted by Crippen LogP contribution is -2.39. The van der Waals surface area contributed by atoms with E-state index in [1.807, 2.05) is 11.3 Å². The van der Waals surface area contributed by atoms with Crippen molar-refractivity contribution in [1.82, 2.24) is 10.3 Å². The first-order valence-electron chi connectivity index (χ1n) is 6.10. The van der Waals surface area contributed by atoms with Gasteiger partial charge in [-0.25, -0.2) is 4.98 Å². The van der Waals surface area contributed by atoms with E-state index in [0.29, 0.717) is 5.92 Å². The lowest BCUT2D eigenvalue weighted by atomic mass is 10.0. The third-order valence-corrected chi connectivity index (χ3v) is 5.05. The molecule has 0 atom stereocenters. The fourth-order valence-corrected chi connectivity index (χ4v) is 3.74. The summed E-state index contributed by atoms with van der Waals surface area (Å²) in [4.78, 5) is 6.29. The van der Waals surface area contributed by atoms with Gasteiger partial charge >= 0.3 is 0 Å². The number of nitrogens with one attached hydrogen (secondary N) is 1. The Labute approximate surface area is 100 Å². The summed E-state index contributed by atoms with van der Waals surface area (Å²) < 4.78 is 5.40. The molecule has 2 fully saturated rings. The fourth-order valence-electron chi connectivity index (χ4n) is 2.40. The summed E-state index contributed by atoms with van der Waals surface area (Å²) in [6, 6.07) is 0. The minimum Gasteiger partial charge on any atom is -0.381 e. The van der Waals surface area contributed by atoms with E-state index in [4.69, 9.17) is 9.72 Å². The van der Waals surface area contributed by atoms with Crippen LogP contribution in [0.4, 0.5) is 0 Å². The molecule has 0 aromatic carbocycles. The molecule has 0 saturated carbocycles. The van der Waals surface area contributed by atoms with Gasteiger partial charge in [0.15, 0.2) is 0 Å². The van der Waals surface area contributed by atoms with Gasteiger partial charge < -0.3 is 10.1 Å². The Morgan fingerprint density at radius 3 is 2.62 bits per heavy atom. The Kier molecular flexibility index (Phi) is 2.96. The van der Waals surface area contributed by atoms with E-state index in [1.54, 1.807) is 0 Å². The highest BCUT2D eigenvalue weighted by Crippen LogP contribution is 2.35. The zero-order valence-electron chi connectivity index (χ0n) is 9.66. The second kappa shape index (κ2) is 4.43. The maximum absolute atomic E-state index is 5.40. The zero-order valence-corrected chi connectivity index (χ0v) is 10.5. The topological polar surface area (TPSA) is 34.1 Å². The molecule has 0 bridgehead atoms. The van der Waals surface area contributed by atoms with E-state index in [2.05, 4.69) is 12.2 Å². The highest BCUT2D eigenvalue weighted by Gasteiger charge is 2.26. The maximum Gasteiger partial charge on any atom is 0.0963 e. The molecule has 3 rings (SSSR count). The molecule has 0 unspecified atom stereocenters. The summed E-state index contributed by atoms with van der Waals surface area (Å²) >= 11 is 1.94. The number of nitrogens with zero attached hydrogens (tertiary/aromatic N) is 1. The molecule has 2 aliphatic heterocycles. The molecule has 0 amide bonds. The molecule has 0 aliphatic carbocycles. The van der Waals surface area contributed by atoms with Crippen LogP contribution in [0.5, 0.6) is 0 Å². The fraction of sp³-hybridized carbons (Fsp3) is 0.750. The van der Waals surface area contributed by atoms with Gasteiger partial charge in [-0.1, -0.05) is 0 Å². The molecule has 88 valence electrons. The van der Waals surface area contributed by atoms with Crippen molar-refractivity contribution in [3.05, 3.63) is 15.6 Å². The Morgan fingerprint density at radius 1 is 1.25 bits per heavy atom. The summed E-state index contributed by atoms with van der Waals surface area (Å²) in [6.45, 7) is 6.24. The standard InChI is InChI=1S/C12H18N2OS/c1-8-11(10-6-13-7-10)16-12(14-8)9-2-4-15-5-3-9/h9-10,13H,2-7H2,1H3. The molecule has 2 aliphatic rings. The summed E-state index contributed by atoms with van der Waals surface area (Å²) in [6.07, 6.45) is 2.30. The van der Waals surface area contributed by atoms with Crippen LogP contribution in [-0.2, 0) is 4.74 Å². The number of aromatic nitrogens is 1. The van der Waals surface area contributed by atoms with Gasteiger partial charge in [0.05, 0.1) is 10.7 Å². The Hall–Kier alpha value is -0.450. The molecule has 3 heterocycles. The number of rotatable bonds is 2. The lowest BCUT2D eigenvalue weighted by molar-refractivity contribution is 0.0852. The number of ether oxygens (including phenoxy) is 1. The largest absolute Gasteiger partial charge is 0.381 e. The molecule has 1 aromatic rings. The number of hydrogen-bond acceptors (Lipinski definition) is 4. The Balaban J connectivity index is 1.79. The van der Waals surface area contributed by atoms with Gasteiger partial charge in [0.1, 0.15) is 0 Å². The monoisotopic (exact) mass is 238 g/mol. The number of aryl methyl sites for hydroxylation is 1. The third-order valence-electron chi connectivity index (χ3n) is 3.57. The van der Waals surface area contributed by atoms with Gasteiger partial charge in [0, 0.05) is 43.0 Å². The maximum atomic E-state index is 5.40. The molecule has 1 N–H and O–H groups in total. The van der Waals surface area contributed by atoms with Gasteiger partial charge in [-0.15, -0.1) is 11.3 Å². The van der Waals surface area contributed by atoms with Crippen LogP contribution < -0.4 is 5.32 Å². The third kappa shape index (κ3) is 1.90. The smallest absolute Gasteiger partial charge is 0.0963 e. The van der Waals surface area contributed by atoms with Crippen LogP contribution >= 0.6 is 11.3 Å². The summed E-state index contributed by atoms with van der Waals surface area (Å²) in [7, 11) is 0. The summed E-state index contributed by atoms with van der Waals surface area (Å²) in [5.41, 5.74) is 1.26. The van der Waals surface area contributed by atoms with Crippen LogP contribution in [0.25, 0.3) is 0 Å². The van der Waals surface area contributed by atoms with Gasteiger partial charge in [-0.05, 0) is 19.8 Å². The number of thiazole rings is 1. The normalized spacial score (nSPS) is 23.3. The quantitative estimate of drug-likeness (QED) is 0.856. The minimum atomic E-state index is 0.652. The predicted octanol–water partition coefficient (Wildman–Crippen LogP) is 2.03. The molecule has 4 heteroatoms. The van der Waals surface area contributed by atoms with Gasteiger partial charge in [-0.2, -0.15) is 0 Å². The van der Waals surface area contributed by atoms with Crippen LogP contribution in [0, 0.1) is 6.92 Å². The molecule has 2 saturated heterocycles. The van der Waals surface area contributed by atoms with Crippen LogP contribution in [0.2, 0.25) is 0 Å².